The molecule has 1 aliphatic heterocycles. The van der Waals surface area contributed by atoms with E-state index in [1.54, 1.807) is 0 Å². The largest absolute Gasteiger partial charge is 0.391 e. The molecule has 1 saturated heterocycles. The Balaban J connectivity index is 1.97. The summed E-state index contributed by atoms with van der Waals surface area (Å²) in [6.07, 6.45) is 1.40. The van der Waals surface area contributed by atoms with E-state index < -0.39 is 0 Å². The molecule has 2 rings (SSSR count). The first-order chi connectivity index (χ1) is 10.1. The predicted octanol–water partition coefficient (Wildman–Crippen LogP) is 2.68. The Hall–Kier alpha value is -0.780. The van der Waals surface area contributed by atoms with Gasteiger partial charge >= 0.3 is 0 Å². The lowest BCUT2D eigenvalue weighted by molar-refractivity contribution is 0.188. The molecular weight excluding hydrogens is 354 g/mol. The normalized spacial score (nSPS) is 19.1. The van der Waals surface area contributed by atoms with Crippen LogP contribution < -0.4 is 5.32 Å². The van der Waals surface area contributed by atoms with Gasteiger partial charge in [-0.25, -0.2) is 0 Å². The molecule has 1 heterocycles. The van der Waals surface area contributed by atoms with Gasteiger partial charge in [-0.2, -0.15) is 0 Å². The van der Waals surface area contributed by atoms with E-state index in [0.717, 1.165) is 46.9 Å². The SMILES string of the molecule is CCNC(=NCCc1cc(Cl)ccc1Br)N1CC[C@@H](O)C1. The highest BCUT2D eigenvalue weighted by atomic mass is 79.9. The minimum Gasteiger partial charge on any atom is -0.391 e. The lowest BCUT2D eigenvalue weighted by Crippen LogP contribution is -2.40. The van der Waals surface area contributed by atoms with Crippen LogP contribution in [-0.4, -0.2) is 48.2 Å². The van der Waals surface area contributed by atoms with Gasteiger partial charge in [0.15, 0.2) is 5.96 Å². The highest BCUT2D eigenvalue weighted by Crippen LogP contribution is 2.21. The molecule has 0 spiro atoms. The van der Waals surface area contributed by atoms with Crippen LogP contribution in [0.2, 0.25) is 5.02 Å². The van der Waals surface area contributed by atoms with E-state index in [9.17, 15) is 5.11 Å². The quantitative estimate of drug-likeness (QED) is 0.629. The monoisotopic (exact) mass is 373 g/mol. The summed E-state index contributed by atoms with van der Waals surface area (Å²) in [5.41, 5.74) is 1.16. The summed E-state index contributed by atoms with van der Waals surface area (Å²) in [5.74, 6) is 0.882. The van der Waals surface area contributed by atoms with Crippen molar-refractivity contribution >= 4 is 33.5 Å². The van der Waals surface area contributed by atoms with Crippen LogP contribution >= 0.6 is 27.5 Å². The van der Waals surface area contributed by atoms with E-state index >= 15 is 0 Å². The molecule has 0 aliphatic carbocycles. The van der Waals surface area contributed by atoms with E-state index in [1.165, 1.54) is 0 Å². The molecule has 0 bridgehead atoms. The van der Waals surface area contributed by atoms with Crippen molar-refractivity contribution < 1.29 is 5.11 Å². The summed E-state index contributed by atoms with van der Waals surface area (Å²) in [5, 5.41) is 13.7. The van der Waals surface area contributed by atoms with Crippen LogP contribution in [-0.2, 0) is 6.42 Å². The number of halogens is 2. The lowest BCUT2D eigenvalue weighted by Gasteiger charge is -2.21. The zero-order valence-corrected chi connectivity index (χ0v) is 14.5. The van der Waals surface area contributed by atoms with Gasteiger partial charge in [0.05, 0.1) is 6.10 Å². The van der Waals surface area contributed by atoms with Crippen LogP contribution in [0.3, 0.4) is 0 Å². The molecule has 1 atom stereocenters. The number of guanidine groups is 1. The van der Waals surface area contributed by atoms with E-state index in [0.29, 0.717) is 13.1 Å². The van der Waals surface area contributed by atoms with Gasteiger partial charge in [-0.15, -0.1) is 0 Å². The van der Waals surface area contributed by atoms with Crippen molar-refractivity contribution in [3.05, 3.63) is 33.3 Å². The number of β-amino-alcohol motifs (C(OH)–C–C–N with tert-alkyl or cyclic N) is 1. The third kappa shape index (κ3) is 4.87. The maximum Gasteiger partial charge on any atom is 0.194 e. The Kier molecular flexibility index (Phi) is 6.33. The van der Waals surface area contributed by atoms with Crippen molar-refractivity contribution in [3.63, 3.8) is 0 Å². The molecule has 0 saturated carbocycles. The second-order valence-electron chi connectivity index (χ2n) is 5.11. The van der Waals surface area contributed by atoms with E-state index in [-0.39, 0.29) is 6.10 Å². The van der Waals surface area contributed by atoms with Crippen molar-refractivity contribution in [3.8, 4) is 0 Å². The van der Waals surface area contributed by atoms with Crippen LogP contribution in [0.15, 0.2) is 27.7 Å². The highest BCUT2D eigenvalue weighted by molar-refractivity contribution is 9.10. The molecule has 1 aromatic rings. The van der Waals surface area contributed by atoms with Crippen LogP contribution in [0, 0.1) is 0 Å². The maximum atomic E-state index is 9.64. The first-order valence-electron chi connectivity index (χ1n) is 7.25. The Morgan fingerprint density at radius 3 is 3.05 bits per heavy atom. The number of aliphatic hydroxyl groups is 1. The summed E-state index contributed by atoms with van der Waals surface area (Å²) < 4.78 is 1.06. The number of aliphatic hydroxyl groups excluding tert-OH is 1. The molecular formula is C15H21BrClN3O. The lowest BCUT2D eigenvalue weighted by atomic mass is 10.1. The van der Waals surface area contributed by atoms with Crippen molar-refractivity contribution in [2.24, 2.45) is 4.99 Å². The summed E-state index contributed by atoms with van der Waals surface area (Å²) in [6, 6.07) is 5.80. The first kappa shape index (κ1) is 16.6. The molecule has 0 aromatic heterocycles. The molecule has 116 valence electrons. The summed E-state index contributed by atoms with van der Waals surface area (Å²) in [6.45, 7) is 5.08. The average molecular weight is 375 g/mol. The van der Waals surface area contributed by atoms with E-state index in [1.807, 2.05) is 18.2 Å². The molecule has 0 radical (unpaired) electrons. The average Bonchev–Trinajstić information content (AvgIpc) is 2.88. The topological polar surface area (TPSA) is 47.9 Å². The summed E-state index contributed by atoms with van der Waals surface area (Å²) >= 11 is 9.56. The zero-order chi connectivity index (χ0) is 15.2. The third-order valence-corrected chi connectivity index (χ3v) is 4.46. The van der Waals surface area contributed by atoms with Crippen molar-refractivity contribution in [2.45, 2.75) is 25.9 Å². The number of rotatable bonds is 4. The fourth-order valence-electron chi connectivity index (χ4n) is 2.38. The van der Waals surface area contributed by atoms with Gasteiger partial charge in [0, 0.05) is 35.7 Å². The van der Waals surface area contributed by atoms with Gasteiger partial charge in [0.25, 0.3) is 0 Å². The fraction of sp³-hybridized carbons (Fsp3) is 0.533. The van der Waals surface area contributed by atoms with Crippen LogP contribution in [0.1, 0.15) is 18.9 Å². The Morgan fingerprint density at radius 2 is 2.38 bits per heavy atom. The third-order valence-electron chi connectivity index (χ3n) is 3.45. The molecule has 6 heteroatoms. The molecule has 0 amide bonds. The van der Waals surface area contributed by atoms with Crippen molar-refractivity contribution in [1.82, 2.24) is 10.2 Å². The number of hydrogen-bond donors (Lipinski definition) is 2. The molecule has 21 heavy (non-hydrogen) atoms. The van der Waals surface area contributed by atoms with Gasteiger partial charge in [0.1, 0.15) is 0 Å². The summed E-state index contributed by atoms with van der Waals surface area (Å²) in [4.78, 5) is 6.76. The maximum absolute atomic E-state index is 9.64. The number of aliphatic imine (C=N–C) groups is 1. The number of hydrogen-bond acceptors (Lipinski definition) is 2. The molecule has 4 nitrogen and oxygen atoms in total. The minimum atomic E-state index is -0.240. The van der Waals surface area contributed by atoms with Gasteiger partial charge < -0.3 is 15.3 Å². The number of nitrogens with one attached hydrogen (secondary N) is 1. The highest BCUT2D eigenvalue weighted by Gasteiger charge is 2.22. The smallest absolute Gasteiger partial charge is 0.194 e. The van der Waals surface area contributed by atoms with Crippen LogP contribution in [0.4, 0.5) is 0 Å². The minimum absolute atomic E-state index is 0.240. The van der Waals surface area contributed by atoms with Gasteiger partial charge in [0.2, 0.25) is 0 Å². The Morgan fingerprint density at radius 1 is 1.57 bits per heavy atom. The predicted molar refractivity (Wildman–Crippen MR) is 91.0 cm³/mol. The Labute approximate surface area is 139 Å². The molecule has 1 aromatic carbocycles. The van der Waals surface area contributed by atoms with E-state index in [4.69, 9.17) is 11.6 Å². The fourth-order valence-corrected chi connectivity index (χ4v) is 3.02. The molecule has 0 unspecified atom stereocenters. The van der Waals surface area contributed by atoms with Crippen LogP contribution in [0.25, 0.3) is 0 Å². The van der Waals surface area contributed by atoms with E-state index in [2.05, 4.69) is 38.1 Å². The van der Waals surface area contributed by atoms with Crippen molar-refractivity contribution in [2.75, 3.05) is 26.2 Å². The first-order valence-corrected chi connectivity index (χ1v) is 8.42. The van der Waals surface area contributed by atoms with Gasteiger partial charge in [-0.3, -0.25) is 4.99 Å². The summed E-state index contributed by atoms with van der Waals surface area (Å²) in [7, 11) is 0. The molecule has 1 aliphatic rings. The standard InChI is InChI=1S/C15H21BrClN3O/c1-2-18-15(20-8-6-13(21)10-20)19-7-5-11-9-12(17)3-4-14(11)16/h3-4,9,13,21H,2,5-8,10H2,1H3,(H,18,19)/t13-/m1/s1. The molecule has 2 N–H and O–H groups in total. The zero-order valence-electron chi connectivity index (χ0n) is 12.1. The number of benzene rings is 1. The van der Waals surface area contributed by atoms with Gasteiger partial charge in [-0.1, -0.05) is 27.5 Å². The second kappa shape index (κ2) is 8.01. The van der Waals surface area contributed by atoms with Crippen molar-refractivity contribution in [1.29, 1.82) is 0 Å². The Bertz CT molecular complexity index is 510. The van der Waals surface area contributed by atoms with Gasteiger partial charge in [-0.05, 0) is 43.5 Å². The number of likely N-dealkylation sites (tertiary alicyclic amines) is 1. The number of nitrogens with zero attached hydrogens (tertiary/aromatic N) is 2. The van der Waals surface area contributed by atoms with Crippen LogP contribution in [0.5, 0.6) is 0 Å². The molecule has 1 fully saturated rings. The second-order valence-corrected chi connectivity index (χ2v) is 6.40.